The van der Waals surface area contributed by atoms with E-state index in [2.05, 4.69) is 31.1 Å². The van der Waals surface area contributed by atoms with E-state index < -0.39 is 35.6 Å². The number of hydrogen-bond donors (Lipinski definition) is 2. The number of ether oxygens (including phenoxy) is 2. The molecular formula is C21H22F2N6O3. The Morgan fingerprint density at radius 3 is 2.72 bits per heavy atom. The number of carbonyl (C=O) groups is 1. The van der Waals surface area contributed by atoms with Gasteiger partial charge in [0.05, 0.1) is 24.6 Å². The monoisotopic (exact) mass is 444 g/mol. The SMILES string of the molecule is CO[C@H]1C[C@@](C)(C#N)C(N)=N[C@]1(C)c1cc(NC(=O)c2cnc(OCF)cn2)ccc1F. The lowest BCUT2D eigenvalue weighted by Gasteiger charge is -2.42. The highest BCUT2D eigenvalue weighted by Gasteiger charge is 2.49. The summed E-state index contributed by atoms with van der Waals surface area (Å²) in [4.78, 5) is 24.6. The number of nitriles is 1. The second-order valence-electron chi connectivity index (χ2n) is 7.66. The van der Waals surface area contributed by atoms with Gasteiger partial charge in [-0.2, -0.15) is 5.26 Å². The number of nitrogens with two attached hydrogens (primary N) is 1. The number of nitrogens with zero attached hydrogens (tertiary/aromatic N) is 4. The molecule has 9 nitrogen and oxygen atoms in total. The first-order chi connectivity index (χ1) is 15.2. The van der Waals surface area contributed by atoms with Crippen LogP contribution in [0.1, 0.15) is 36.3 Å². The average molecular weight is 444 g/mol. The van der Waals surface area contributed by atoms with E-state index in [4.69, 9.17) is 10.5 Å². The summed E-state index contributed by atoms with van der Waals surface area (Å²) >= 11 is 0. The molecule has 168 valence electrons. The van der Waals surface area contributed by atoms with Crippen LogP contribution in [0.2, 0.25) is 0 Å². The maximum absolute atomic E-state index is 14.9. The number of anilines is 1. The van der Waals surface area contributed by atoms with Crippen LogP contribution in [0, 0.1) is 22.6 Å². The highest BCUT2D eigenvalue weighted by molar-refractivity contribution is 6.02. The molecule has 1 aromatic carbocycles. The van der Waals surface area contributed by atoms with Crippen molar-refractivity contribution < 1.29 is 23.0 Å². The first-order valence-corrected chi connectivity index (χ1v) is 9.59. The quantitative estimate of drug-likeness (QED) is 0.699. The minimum absolute atomic E-state index is 0.0484. The molecule has 0 unspecified atom stereocenters. The normalized spacial score (nSPS) is 24.9. The number of benzene rings is 1. The topological polar surface area (TPSA) is 136 Å². The van der Waals surface area contributed by atoms with Crippen molar-refractivity contribution in [3.05, 3.63) is 47.7 Å². The Hall–Kier alpha value is -3.65. The van der Waals surface area contributed by atoms with Gasteiger partial charge in [-0.3, -0.25) is 9.79 Å². The number of nitrogens with one attached hydrogen (secondary N) is 1. The van der Waals surface area contributed by atoms with Crippen molar-refractivity contribution in [3.63, 3.8) is 0 Å². The van der Waals surface area contributed by atoms with Crippen LogP contribution < -0.4 is 15.8 Å². The van der Waals surface area contributed by atoms with Gasteiger partial charge in [0.1, 0.15) is 28.3 Å². The summed E-state index contributed by atoms with van der Waals surface area (Å²) in [6.45, 7) is 2.24. The summed E-state index contributed by atoms with van der Waals surface area (Å²) in [7, 11) is 1.45. The molecule has 3 N–H and O–H groups in total. The molecule has 0 bridgehead atoms. The number of rotatable bonds is 6. The minimum atomic E-state index is -1.23. The van der Waals surface area contributed by atoms with Crippen molar-refractivity contribution in [1.29, 1.82) is 5.26 Å². The number of alkyl halides is 1. The van der Waals surface area contributed by atoms with Crippen LogP contribution in [0.25, 0.3) is 0 Å². The fraction of sp³-hybridized carbons (Fsp3) is 0.381. The molecule has 1 amide bonds. The van der Waals surface area contributed by atoms with Crippen molar-refractivity contribution in [3.8, 4) is 11.9 Å². The van der Waals surface area contributed by atoms with E-state index in [1.54, 1.807) is 13.8 Å². The molecule has 32 heavy (non-hydrogen) atoms. The van der Waals surface area contributed by atoms with Crippen molar-refractivity contribution in [2.75, 3.05) is 19.3 Å². The van der Waals surface area contributed by atoms with Crippen molar-refractivity contribution in [2.24, 2.45) is 16.1 Å². The van der Waals surface area contributed by atoms with Crippen LogP contribution in [-0.4, -0.2) is 41.8 Å². The lowest BCUT2D eigenvalue weighted by Crippen LogP contribution is -2.51. The summed E-state index contributed by atoms with van der Waals surface area (Å²) in [5, 5.41) is 12.1. The van der Waals surface area contributed by atoms with Gasteiger partial charge in [-0.25, -0.2) is 18.7 Å². The second kappa shape index (κ2) is 8.84. The van der Waals surface area contributed by atoms with Crippen LogP contribution in [0.5, 0.6) is 5.88 Å². The van der Waals surface area contributed by atoms with Gasteiger partial charge in [0, 0.05) is 24.8 Å². The smallest absolute Gasteiger partial charge is 0.275 e. The molecule has 1 aliphatic rings. The summed E-state index contributed by atoms with van der Waals surface area (Å²) in [6, 6.07) is 6.14. The van der Waals surface area contributed by atoms with Crippen LogP contribution >= 0.6 is 0 Å². The zero-order chi connectivity index (χ0) is 23.5. The number of aliphatic imine (C=N–C) groups is 1. The van der Waals surface area contributed by atoms with Gasteiger partial charge in [-0.05, 0) is 32.0 Å². The Morgan fingerprint density at radius 1 is 1.38 bits per heavy atom. The third-order valence-corrected chi connectivity index (χ3v) is 5.50. The maximum Gasteiger partial charge on any atom is 0.275 e. The van der Waals surface area contributed by atoms with Crippen LogP contribution in [0.4, 0.5) is 14.5 Å². The lowest BCUT2D eigenvalue weighted by atomic mass is 9.73. The number of aromatic nitrogens is 2. The Bertz CT molecular complexity index is 1090. The van der Waals surface area contributed by atoms with Crippen molar-refractivity contribution >= 4 is 17.4 Å². The molecule has 0 aliphatic carbocycles. The van der Waals surface area contributed by atoms with E-state index in [0.29, 0.717) is 0 Å². The van der Waals surface area contributed by atoms with Crippen LogP contribution in [-0.2, 0) is 10.3 Å². The van der Waals surface area contributed by atoms with E-state index in [9.17, 15) is 18.8 Å². The van der Waals surface area contributed by atoms with E-state index in [0.717, 1.165) is 12.4 Å². The standard InChI is InChI=1S/C21H22F2N6O3/c1-20(10-24)7-16(31-3)21(2,29-19(20)25)13-6-12(4-5-14(13)23)28-18(30)15-8-27-17(9-26-15)32-11-22/h4-6,8-9,16H,7,11H2,1-3H3,(H2,25,29)(H,28,30)/t16-,20-,21+/m0/s1. The third kappa shape index (κ3) is 4.22. The van der Waals surface area contributed by atoms with Gasteiger partial charge in [0.25, 0.3) is 5.91 Å². The number of amidine groups is 1. The Balaban J connectivity index is 1.93. The highest BCUT2D eigenvalue weighted by Crippen LogP contribution is 2.43. The number of halogens is 2. The fourth-order valence-electron chi connectivity index (χ4n) is 3.52. The predicted octanol–water partition coefficient (Wildman–Crippen LogP) is 2.69. The summed E-state index contributed by atoms with van der Waals surface area (Å²) in [6.07, 6.45) is 1.81. The number of amides is 1. The number of carbonyl (C=O) groups excluding carboxylic acids is 1. The Labute approximate surface area is 183 Å². The molecule has 1 aromatic heterocycles. The molecule has 0 fully saturated rings. The second-order valence-corrected chi connectivity index (χ2v) is 7.66. The highest BCUT2D eigenvalue weighted by atomic mass is 19.1. The average Bonchev–Trinajstić information content (AvgIpc) is 2.78. The zero-order valence-corrected chi connectivity index (χ0v) is 17.7. The summed E-state index contributed by atoms with van der Waals surface area (Å²) in [5.74, 6) is -1.17. The first-order valence-electron chi connectivity index (χ1n) is 9.59. The molecule has 1 aliphatic heterocycles. The summed E-state index contributed by atoms with van der Waals surface area (Å²) in [5.41, 5.74) is 4.16. The molecule has 2 heterocycles. The van der Waals surface area contributed by atoms with Gasteiger partial charge in [0.2, 0.25) is 12.7 Å². The van der Waals surface area contributed by atoms with Gasteiger partial charge in [-0.15, -0.1) is 0 Å². The lowest BCUT2D eigenvalue weighted by molar-refractivity contribution is 0.0141. The van der Waals surface area contributed by atoms with Gasteiger partial charge < -0.3 is 20.5 Å². The maximum atomic E-state index is 14.9. The number of hydrogen-bond acceptors (Lipinski definition) is 8. The Morgan fingerprint density at radius 2 is 2.12 bits per heavy atom. The molecule has 0 radical (unpaired) electrons. The first kappa shape index (κ1) is 23.0. The molecule has 0 saturated heterocycles. The van der Waals surface area contributed by atoms with Crippen LogP contribution in [0.3, 0.4) is 0 Å². The molecule has 3 rings (SSSR count). The predicted molar refractivity (Wildman–Crippen MR) is 111 cm³/mol. The number of methoxy groups -OCH3 is 1. The van der Waals surface area contributed by atoms with Crippen molar-refractivity contribution in [2.45, 2.75) is 31.9 Å². The Kier molecular flexibility index (Phi) is 6.36. The van der Waals surface area contributed by atoms with Gasteiger partial charge in [0.15, 0.2) is 0 Å². The third-order valence-electron chi connectivity index (χ3n) is 5.50. The molecule has 11 heteroatoms. The fourth-order valence-corrected chi connectivity index (χ4v) is 3.52. The van der Waals surface area contributed by atoms with Gasteiger partial charge in [-0.1, -0.05) is 0 Å². The van der Waals surface area contributed by atoms with E-state index >= 15 is 0 Å². The molecule has 2 aromatic rings. The summed E-state index contributed by atoms with van der Waals surface area (Å²) < 4.78 is 37.2. The van der Waals surface area contributed by atoms with Crippen molar-refractivity contribution in [1.82, 2.24) is 9.97 Å². The molecular weight excluding hydrogens is 422 g/mol. The van der Waals surface area contributed by atoms with E-state index in [1.165, 1.54) is 25.3 Å². The van der Waals surface area contributed by atoms with Crippen LogP contribution in [0.15, 0.2) is 35.6 Å². The molecule has 3 atom stereocenters. The van der Waals surface area contributed by atoms with Gasteiger partial charge >= 0.3 is 0 Å². The molecule has 0 saturated carbocycles. The zero-order valence-electron chi connectivity index (χ0n) is 17.7. The molecule has 0 spiro atoms. The van der Waals surface area contributed by atoms with E-state index in [1.807, 2.05) is 0 Å². The minimum Gasteiger partial charge on any atom is -0.445 e. The van der Waals surface area contributed by atoms with E-state index in [-0.39, 0.29) is 35.1 Å². The largest absolute Gasteiger partial charge is 0.445 e.